The maximum absolute atomic E-state index is 14.1. The Hall–Kier alpha value is -4.95. The van der Waals surface area contributed by atoms with E-state index in [2.05, 4.69) is 49.9 Å². The van der Waals surface area contributed by atoms with Gasteiger partial charge in [0.05, 0.1) is 57.8 Å². The van der Waals surface area contributed by atoms with Gasteiger partial charge >= 0.3 is 5.69 Å². The van der Waals surface area contributed by atoms with Crippen LogP contribution in [-0.2, 0) is 24.0 Å². The summed E-state index contributed by atoms with van der Waals surface area (Å²) in [5.41, 5.74) is -0.389. The standard InChI is InChI=1S/C48H62N5O10PSi/c1-31(2)53(32(3)4)64(56)61-29-33(27-49)41-40(62-45(42(41)63-65(10,11)47(5,6)7)52-28-39(43(54)51-46(52)55)44-50-25-26-59-44)30-60-48(34-15-13-12-14-16-34,35-17-21-37(57-8)22-18-35)36-19-23-38(58-9)24-20-36/h12-26,28,31-33,40-42,45,56H,29-30H2,1-11H3,(H,51,54,55)/t33?,40-,41+,42+,45+,64?/m0/s1. The SMILES string of the molecule is COc1ccc(C(OC[C@@H]2O[C@@H](n3cc(-c4ncco4)c(=O)[nH]c3=O)[C@H](O[Si](C)(C)C(C)(C)C)[C@@H]2C(C#N)COP(O)N(C(C)C)C(C)C)(c2ccccc2)c2ccc(OC)cc2)cc1. The van der Waals surface area contributed by atoms with Crippen LogP contribution in [0.2, 0.25) is 18.1 Å². The molecule has 348 valence electrons. The third kappa shape index (κ3) is 10.5. The summed E-state index contributed by atoms with van der Waals surface area (Å²) in [5, 5.41) is 10.9. The number of aromatic nitrogens is 3. The Bertz CT molecular complexity index is 2410. The average molecular weight is 928 g/mol. The van der Waals surface area contributed by atoms with E-state index >= 15 is 0 Å². The number of rotatable bonds is 19. The van der Waals surface area contributed by atoms with Crippen LogP contribution in [0.25, 0.3) is 11.5 Å². The van der Waals surface area contributed by atoms with E-state index < -0.39 is 64.0 Å². The lowest BCUT2D eigenvalue weighted by molar-refractivity contribution is -0.0915. The molecule has 2 unspecified atom stereocenters. The predicted octanol–water partition coefficient (Wildman–Crippen LogP) is 8.62. The van der Waals surface area contributed by atoms with Crippen molar-refractivity contribution < 1.29 is 37.2 Å². The van der Waals surface area contributed by atoms with E-state index in [1.165, 1.54) is 23.2 Å². The number of nitriles is 1. The summed E-state index contributed by atoms with van der Waals surface area (Å²) >= 11 is 0. The first-order valence-electron chi connectivity index (χ1n) is 21.7. The van der Waals surface area contributed by atoms with E-state index in [0.717, 1.165) is 16.7 Å². The molecule has 2 aromatic heterocycles. The van der Waals surface area contributed by atoms with Crippen molar-refractivity contribution in [3.8, 4) is 29.0 Å². The number of nitrogens with zero attached hydrogens (tertiary/aromatic N) is 4. The molecule has 6 atom stereocenters. The number of methoxy groups -OCH3 is 2. The molecular weight excluding hydrogens is 866 g/mol. The smallest absolute Gasteiger partial charge is 0.330 e. The molecule has 0 radical (unpaired) electrons. The van der Waals surface area contributed by atoms with Gasteiger partial charge in [-0.15, -0.1) is 0 Å². The Labute approximate surface area is 383 Å². The van der Waals surface area contributed by atoms with Gasteiger partial charge in [-0.2, -0.15) is 5.26 Å². The first kappa shape index (κ1) is 49.5. The van der Waals surface area contributed by atoms with Gasteiger partial charge in [0.1, 0.15) is 28.9 Å². The molecule has 1 fully saturated rings. The third-order valence-corrected chi connectivity index (χ3v) is 18.6. The zero-order valence-electron chi connectivity index (χ0n) is 39.1. The molecule has 65 heavy (non-hydrogen) atoms. The first-order chi connectivity index (χ1) is 30.9. The second-order valence-electron chi connectivity index (χ2n) is 18.2. The fraction of sp³-hybridized carbons (Fsp3) is 0.458. The summed E-state index contributed by atoms with van der Waals surface area (Å²) in [4.78, 5) is 45.4. The Morgan fingerprint density at radius 3 is 1.98 bits per heavy atom. The highest BCUT2D eigenvalue weighted by atomic mass is 31.2. The normalized spacial score (nSPS) is 19.1. The minimum absolute atomic E-state index is 0.00221. The quantitative estimate of drug-likeness (QED) is 0.0456. The lowest BCUT2D eigenvalue weighted by Gasteiger charge is -2.42. The van der Waals surface area contributed by atoms with E-state index in [9.17, 15) is 19.7 Å². The maximum atomic E-state index is 14.1. The number of benzene rings is 3. The van der Waals surface area contributed by atoms with Crippen LogP contribution in [0.3, 0.4) is 0 Å². The molecule has 0 bridgehead atoms. The lowest BCUT2D eigenvalue weighted by atomic mass is 9.79. The highest BCUT2D eigenvalue weighted by Gasteiger charge is 2.55. The molecule has 0 spiro atoms. The van der Waals surface area contributed by atoms with Gasteiger partial charge in [-0.3, -0.25) is 14.3 Å². The molecule has 15 nitrogen and oxygen atoms in total. The van der Waals surface area contributed by atoms with Gasteiger partial charge in [0.25, 0.3) is 14.1 Å². The Morgan fingerprint density at radius 1 is 0.923 bits per heavy atom. The van der Waals surface area contributed by atoms with Crippen molar-refractivity contribution >= 4 is 16.8 Å². The molecule has 1 saturated heterocycles. The van der Waals surface area contributed by atoms with Crippen molar-refractivity contribution in [2.24, 2.45) is 11.8 Å². The minimum atomic E-state index is -2.76. The molecule has 0 aliphatic carbocycles. The fourth-order valence-corrected chi connectivity index (χ4v) is 10.7. The maximum Gasteiger partial charge on any atom is 0.330 e. The Morgan fingerprint density at radius 2 is 1.49 bits per heavy atom. The number of H-pyrrole nitrogens is 1. The molecule has 17 heteroatoms. The summed E-state index contributed by atoms with van der Waals surface area (Å²) in [5.74, 6) is -0.467. The highest BCUT2D eigenvalue weighted by Crippen LogP contribution is 2.49. The zero-order chi connectivity index (χ0) is 47.3. The number of aromatic amines is 1. The molecule has 6 rings (SSSR count). The molecule has 1 aliphatic heterocycles. The molecule has 3 aromatic carbocycles. The van der Waals surface area contributed by atoms with E-state index in [1.807, 2.05) is 111 Å². The lowest BCUT2D eigenvalue weighted by Crippen LogP contribution is -2.50. The van der Waals surface area contributed by atoms with E-state index in [-0.39, 0.29) is 41.8 Å². The van der Waals surface area contributed by atoms with Gasteiger partial charge < -0.3 is 37.2 Å². The highest BCUT2D eigenvalue weighted by molar-refractivity contribution is 7.43. The van der Waals surface area contributed by atoms with Crippen LogP contribution in [0.1, 0.15) is 71.4 Å². The summed E-state index contributed by atoms with van der Waals surface area (Å²) in [6.07, 6.45) is 0.993. The van der Waals surface area contributed by atoms with E-state index in [4.69, 9.17) is 32.3 Å². The number of hydrogen-bond acceptors (Lipinski definition) is 13. The Kier molecular flexibility index (Phi) is 15.8. The van der Waals surface area contributed by atoms with Gasteiger partial charge in [0.2, 0.25) is 5.89 Å². The molecule has 0 amide bonds. The van der Waals surface area contributed by atoms with E-state index in [1.54, 1.807) is 14.2 Å². The second kappa shape index (κ2) is 20.7. The van der Waals surface area contributed by atoms with Crippen molar-refractivity contribution in [1.29, 1.82) is 5.26 Å². The van der Waals surface area contributed by atoms with Crippen LogP contribution < -0.4 is 20.7 Å². The summed E-state index contributed by atoms with van der Waals surface area (Å²) in [7, 11) is -1.67. The summed E-state index contributed by atoms with van der Waals surface area (Å²) in [6.45, 7) is 18.0. The topological polar surface area (TPSA) is 184 Å². The molecule has 2 N–H and O–H groups in total. The largest absolute Gasteiger partial charge is 0.497 e. The number of hydrogen-bond donors (Lipinski definition) is 2. The van der Waals surface area contributed by atoms with Gasteiger partial charge in [0.15, 0.2) is 14.5 Å². The van der Waals surface area contributed by atoms with Crippen LogP contribution in [0, 0.1) is 23.2 Å². The zero-order valence-corrected chi connectivity index (χ0v) is 40.9. The average Bonchev–Trinajstić information content (AvgIpc) is 3.93. The summed E-state index contributed by atoms with van der Waals surface area (Å²) < 4.78 is 47.8. The second-order valence-corrected chi connectivity index (χ2v) is 24.2. The summed E-state index contributed by atoms with van der Waals surface area (Å²) in [6, 6.07) is 27.5. The van der Waals surface area contributed by atoms with Crippen molar-refractivity contribution in [3.05, 3.63) is 135 Å². The van der Waals surface area contributed by atoms with Crippen LogP contribution in [-0.4, -0.2) is 84.1 Å². The van der Waals surface area contributed by atoms with Gasteiger partial charge in [0, 0.05) is 24.2 Å². The monoisotopic (exact) mass is 927 g/mol. The predicted molar refractivity (Wildman–Crippen MR) is 251 cm³/mol. The van der Waals surface area contributed by atoms with Gasteiger partial charge in [-0.25, -0.2) is 14.4 Å². The van der Waals surface area contributed by atoms with E-state index in [0.29, 0.717) is 11.5 Å². The van der Waals surface area contributed by atoms with Crippen LogP contribution in [0.4, 0.5) is 0 Å². The van der Waals surface area contributed by atoms with Gasteiger partial charge in [-0.1, -0.05) is 75.4 Å². The van der Waals surface area contributed by atoms with Crippen molar-refractivity contribution in [3.63, 3.8) is 0 Å². The number of nitrogens with one attached hydrogen (secondary N) is 1. The molecule has 1 aliphatic rings. The van der Waals surface area contributed by atoms with Gasteiger partial charge in [-0.05, 0) is 86.8 Å². The van der Waals surface area contributed by atoms with Crippen molar-refractivity contribution in [1.82, 2.24) is 19.2 Å². The van der Waals surface area contributed by atoms with Crippen LogP contribution in [0.5, 0.6) is 11.5 Å². The molecule has 3 heterocycles. The Balaban J connectivity index is 1.55. The third-order valence-electron chi connectivity index (χ3n) is 12.4. The molecular formula is C48H62N5O10PSi. The molecule has 5 aromatic rings. The number of ether oxygens (including phenoxy) is 4. The fourth-order valence-electron chi connectivity index (χ4n) is 8.17. The van der Waals surface area contributed by atoms with Crippen LogP contribution in [0.15, 0.2) is 112 Å². The van der Waals surface area contributed by atoms with Crippen molar-refractivity contribution in [2.45, 2.75) is 103 Å². The van der Waals surface area contributed by atoms with Crippen LogP contribution >= 0.6 is 8.53 Å². The number of oxazole rings is 1. The van der Waals surface area contributed by atoms with Crippen molar-refractivity contribution in [2.75, 3.05) is 27.4 Å². The minimum Gasteiger partial charge on any atom is -0.497 e. The molecule has 0 saturated carbocycles. The first-order valence-corrected chi connectivity index (χ1v) is 25.8.